The number of anilines is 2. The molecule has 1 amide bonds. The average Bonchev–Trinajstić information content (AvgIpc) is 2.55. The highest BCUT2D eigenvalue weighted by Gasteiger charge is 2.12. The van der Waals surface area contributed by atoms with Gasteiger partial charge in [0, 0.05) is 18.8 Å². The lowest BCUT2D eigenvalue weighted by Gasteiger charge is -2.26. The van der Waals surface area contributed by atoms with Gasteiger partial charge >= 0.3 is 0 Å². The normalized spacial score (nSPS) is 10.1. The molecule has 0 fully saturated rings. The molecule has 4 nitrogen and oxygen atoms in total. The summed E-state index contributed by atoms with van der Waals surface area (Å²) in [5, 5.41) is 2.70. The van der Waals surface area contributed by atoms with Crippen molar-refractivity contribution in [1.82, 2.24) is 0 Å². The molecule has 4 heteroatoms. The van der Waals surface area contributed by atoms with Crippen LogP contribution in [0.25, 0.3) is 0 Å². The van der Waals surface area contributed by atoms with Crippen LogP contribution in [0, 0.1) is 0 Å². The fraction of sp³-hybridized carbons (Fsp3) is 0.278. The molecule has 0 radical (unpaired) electrons. The molecule has 1 N–H and O–H groups in total. The summed E-state index contributed by atoms with van der Waals surface area (Å²) in [4.78, 5) is 12.9. The van der Waals surface area contributed by atoms with Crippen molar-refractivity contribution in [2.24, 2.45) is 0 Å². The standard InChI is InChI=1S/C18H22N2O2/c1-3-20(13-15-8-6-5-7-9-15)17-12-16(19-14-21)10-11-18(17)22-4-2/h5-12,14H,3-4,13H2,1-2H3,(H,19,21). The van der Waals surface area contributed by atoms with E-state index in [1.807, 2.05) is 43.3 Å². The predicted octanol–water partition coefficient (Wildman–Crippen LogP) is 3.68. The van der Waals surface area contributed by atoms with E-state index in [1.54, 1.807) is 0 Å². The summed E-state index contributed by atoms with van der Waals surface area (Å²) < 4.78 is 5.73. The summed E-state index contributed by atoms with van der Waals surface area (Å²) in [6, 6.07) is 16.0. The molecule has 0 aliphatic rings. The Labute approximate surface area is 131 Å². The first-order valence-electron chi connectivity index (χ1n) is 7.54. The van der Waals surface area contributed by atoms with Crippen LogP contribution in [-0.4, -0.2) is 19.6 Å². The minimum atomic E-state index is 0.607. The summed E-state index contributed by atoms with van der Waals surface area (Å²) >= 11 is 0. The molecule has 116 valence electrons. The van der Waals surface area contributed by atoms with Gasteiger partial charge in [0.15, 0.2) is 0 Å². The third-order valence-electron chi connectivity index (χ3n) is 3.42. The van der Waals surface area contributed by atoms with E-state index in [0.29, 0.717) is 13.0 Å². The molecule has 2 aromatic carbocycles. The van der Waals surface area contributed by atoms with Gasteiger partial charge in [-0.2, -0.15) is 0 Å². The SMILES string of the molecule is CCOc1ccc(NC=O)cc1N(CC)Cc1ccccc1. The second-order valence-electron chi connectivity index (χ2n) is 4.88. The van der Waals surface area contributed by atoms with Gasteiger partial charge in [-0.25, -0.2) is 0 Å². The fourth-order valence-electron chi connectivity index (χ4n) is 2.37. The van der Waals surface area contributed by atoms with Gasteiger partial charge in [0.2, 0.25) is 6.41 Å². The third kappa shape index (κ3) is 4.01. The molecular weight excluding hydrogens is 276 g/mol. The monoisotopic (exact) mass is 298 g/mol. The molecule has 2 aromatic rings. The molecular formula is C18H22N2O2. The van der Waals surface area contributed by atoms with Gasteiger partial charge < -0.3 is 15.0 Å². The van der Waals surface area contributed by atoms with Crippen LogP contribution < -0.4 is 15.0 Å². The molecule has 0 aromatic heterocycles. The molecule has 0 aliphatic heterocycles. The maximum absolute atomic E-state index is 10.7. The van der Waals surface area contributed by atoms with Crippen LogP contribution in [0.1, 0.15) is 19.4 Å². The number of ether oxygens (including phenoxy) is 1. The Morgan fingerprint density at radius 3 is 2.55 bits per heavy atom. The zero-order chi connectivity index (χ0) is 15.8. The first kappa shape index (κ1) is 15.9. The van der Waals surface area contributed by atoms with Crippen molar-refractivity contribution >= 4 is 17.8 Å². The van der Waals surface area contributed by atoms with E-state index in [1.165, 1.54) is 5.56 Å². The number of carbonyl (C=O) groups is 1. The molecule has 0 aliphatic carbocycles. The number of rotatable bonds is 8. The Morgan fingerprint density at radius 1 is 1.14 bits per heavy atom. The van der Waals surface area contributed by atoms with Crippen molar-refractivity contribution in [3.05, 3.63) is 54.1 Å². The van der Waals surface area contributed by atoms with Gasteiger partial charge in [-0.15, -0.1) is 0 Å². The van der Waals surface area contributed by atoms with E-state index in [-0.39, 0.29) is 0 Å². The van der Waals surface area contributed by atoms with Crippen molar-refractivity contribution in [3.63, 3.8) is 0 Å². The minimum Gasteiger partial charge on any atom is -0.492 e. The highest BCUT2D eigenvalue weighted by atomic mass is 16.5. The van der Waals surface area contributed by atoms with E-state index in [9.17, 15) is 4.79 Å². The molecule has 0 atom stereocenters. The van der Waals surface area contributed by atoms with Crippen LogP contribution in [0.3, 0.4) is 0 Å². The number of nitrogens with one attached hydrogen (secondary N) is 1. The molecule has 2 rings (SSSR count). The summed E-state index contributed by atoms with van der Waals surface area (Å²) in [6.45, 7) is 6.32. The van der Waals surface area contributed by atoms with E-state index >= 15 is 0 Å². The van der Waals surface area contributed by atoms with Gasteiger partial charge in [-0.05, 0) is 37.6 Å². The van der Waals surface area contributed by atoms with Gasteiger partial charge in [0.05, 0.1) is 12.3 Å². The number of nitrogens with zero attached hydrogens (tertiary/aromatic N) is 1. The topological polar surface area (TPSA) is 41.6 Å². The van der Waals surface area contributed by atoms with Gasteiger partial charge in [0.1, 0.15) is 5.75 Å². The Bertz CT molecular complexity index is 599. The van der Waals surface area contributed by atoms with Crippen LogP contribution in [-0.2, 0) is 11.3 Å². The van der Waals surface area contributed by atoms with Gasteiger partial charge in [-0.3, -0.25) is 4.79 Å². The lowest BCUT2D eigenvalue weighted by molar-refractivity contribution is -0.105. The lowest BCUT2D eigenvalue weighted by atomic mass is 10.1. The van der Waals surface area contributed by atoms with Gasteiger partial charge in [-0.1, -0.05) is 30.3 Å². The van der Waals surface area contributed by atoms with Crippen LogP contribution in [0.15, 0.2) is 48.5 Å². The van der Waals surface area contributed by atoms with E-state index in [4.69, 9.17) is 4.74 Å². The largest absolute Gasteiger partial charge is 0.492 e. The minimum absolute atomic E-state index is 0.607. The number of amides is 1. The highest BCUT2D eigenvalue weighted by Crippen LogP contribution is 2.32. The Morgan fingerprint density at radius 2 is 1.91 bits per heavy atom. The number of carbonyl (C=O) groups excluding carboxylic acids is 1. The number of hydrogen-bond acceptors (Lipinski definition) is 3. The summed E-state index contributed by atoms with van der Waals surface area (Å²) in [7, 11) is 0. The Balaban J connectivity index is 2.32. The molecule has 0 unspecified atom stereocenters. The quantitative estimate of drug-likeness (QED) is 0.756. The Hall–Kier alpha value is -2.49. The van der Waals surface area contributed by atoms with Crippen molar-refractivity contribution in [2.75, 3.05) is 23.4 Å². The molecule has 0 spiro atoms. The summed E-state index contributed by atoms with van der Waals surface area (Å²) in [6.07, 6.45) is 0.687. The second-order valence-corrected chi connectivity index (χ2v) is 4.88. The number of hydrogen-bond donors (Lipinski definition) is 1. The number of benzene rings is 2. The predicted molar refractivity (Wildman–Crippen MR) is 90.5 cm³/mol. The molecule has 0 saturated heterocycles. The zero-order valence-corrected chi connectivity index (χ0v) is 13.1. The average molecular weight is 298 g/mol. The van der Waals surface area contributed by atoms with E-state index in [2.05, 4.69) is 29.3 Å². The molecule has 0 heterocycles. The second kappa shape index (κ2) is 8.08. The van der Waals surface area contributed by atoms with E-state index < -0.39 is 0 Å². The van der Waals surface area contributed by atoms with Crippen LogP contribution in [0.4, 0.5) is 11.4 Å². The zero-order valence-electron chi connectivity index (χ0n) is 13.1. The third-order valence-corrected chi connectivity index (χ3v) is 3.42. The maximum atomic E-state index is 10.7. The van der Waals surface area contributed by atoms with Crippen LogP contribution >= 0.6 is 0 Å². The summed E-state index contributed by atoms with van der Waals surface area (Å²) in [5.41, 5.74) is 2.99. The smallest absolute Gasteiger partial charge is 0.211 e. The van der Waals surface area contributed by atoms with Crippen molar-refractivity contribution < 1.29 is 9.53 Å². The first-order chi connectivity index (χ1) is 10.8. The van der Waals surface area contributed by atoms with Crippen molar-refractivity contribution in [3.8, 4) is 5.75 Å². The van der Waals surface area contributed by atoms with E-state index in [0.717, 1.165) is 30.2 Å². The van der Waals surface area contributed by atoms with Crippen molar-refractivity contribution in [2.45, 2.75) is 20.4 Å². The maximum Gasteiger partial charge on any atom is 0.211 e. The lowest BCUT2D eigenvalue weighted by Crippen LogP contribution is -2.23. The molecule has 0 bridgehead atoms. The van der Waals surface area contributed by atoms with Crippen LogP contribution in [0.2, 0.25) is 0 Å². The molecule has 0 saturated carbocycles. The summed E-state index contributed by atoms with van der Waals surface area (Å²) in [5.74, 6) is 0.830. The fourth-order valence-corrected chi connectivity index (χ4v) is 2.37. The van der Waals surface area contributed by atoms with Crippen LogP contribution in [0.5, 0.6) is 5.75 Å². The Kier molecular flexibility index (Phi) is 5.83. The molecule has 22 heavy (non-hydrogen) atoms. The first-order valence-corrected chi connectivity index (χ1v) is 7.54. The van der Waals surface area contributed by atoms with Gasteiger partial charge in [0.25, 0.3) is 0 Å². The van der Waals surface area contributed by atoms with Crippen molar-refractivity contribution in [1.29, 1.82) is 0 Å². The highest BCUT2D eigenvalue weighted by molar-refractivity contribution is 5.76.